The molecule has 3 fully saturated rings. The highest BCUT2D eigenvalue weighted by Crippen LogP contribution is 2.64. The average Bonchev–Trinajstić information content (AvgIpc) is 2.47. The molecule has 4 rings (SSSR count). The number of ether oxygens (including phenoxy) is 1. The molecule has 2 nitrogen and oxygen atoms in total. The Morgan fingerprint density at radius 2 is 2.00 bits per heavy atom. The highest BCUT2D eigenvalue weighted by molar-refractivity contribution is 6.01. The molecule has 120 valence electrons. The molecule has 3 saturated carbocycles. The Kier molecular flexibility index (Phi) is 3.12. The molecule has 2 heteroatoms. The van der Waals surface area contributed by atoms with E-state index in [9.17, 15) is 4.79 Å². The number of allylic oxidation sites excluding steroid dienone is 2. The highest BCUT2D eigenvalue weighted by atomic mass is 16.5. The lowest BCUT2D eigenvalue weighted by Gasteiger charge is -2.60. The van der Waals surface area contributed by atoms with E-state index in [0.717, 1.165) is 17.9 Å². The molecule has 0 aromatic carbocycles. The van der Waals surface area contributed by atoms with Gasteiger partial charge in [0.25, 0.3) is 0 Å². The van der Waals surface area contributed by atoms with Gasteiger partial charge in [-0.05, 0) is 60.3 Å². The van der Waals surface area contributed by atoms with Gasteiger partial charge in [0.1, 0.15) is 6.61 Å². The van der Waals surface area contributed by atoms with Crippen LogP contribution in [0.1, 0.15) is 59.3 Å². The van der Waals surface area contributed by atoms with Gasteiger partial charge in [0.05, 0.1) is 6.26 Å². The molecule has 0 bridgehead atoms. The number of rotatable bonds is 0. The maximum Gasteiger partial charge on any atom is 0.163 e. The van der Waals surface area contributed by atoms with E-state index < -0.39 is 0 Å². The zero-order valence-electron chi connectivity index (χ0n) is 14.2. The van der Waals surface area contributed by atoms with Crippen molar-refractivity contribution in [1.82, 2.24) is 0 Å². The SMILES string of the molecule is CC1(C)CCC[C@@]2(C)[C@@H]1CC[C@H]1C3=COCC=C3C(=O)C[C@@H]12. The Labute approximate surface area is 134 Å². The molecule has 0 N–H and O–H groups in total. The maximum absolute atomic E-state index is 12.7. The third-order valence-corrected chi connectivity index (χ3v) is 7.39. The largest absolute Gasteiger partial charge is 0.497 e. The van der Waals surface area contributed by atoms with Crippen LogP contribution in [0.15, 0.2) is 23.5 Å². The zero-order chi connectivity index (χ0) is 15.5. The predicted octanol–water partition coefficient (Wildman–Crippen LogP) is 4.66. The van der Waals surface area contributed by atoms with Crippen LogP contribution in [-0.2, 0) is 9.53 Å². The van der Waals surface area contributed by atoms with E-state index in [4.69, 9.17) is 4.74 Å². The van der Waals surface area contributed by atoms with E-state index in [1.54, 1.807) is 0 Å². The van der Waals surface area contributed by atoms with Gasteiger partial charge in [-0.25, -0.2) is 0 Å². The van der Waals surface area contributed by atoms with Crippen LogP contribution in [0, 0.1) is 28.6 Å². The topological polar surface area (TPSA) is 26.3 Å². The predicted molar refractivity (Wildman–Crippen MR) is 87.2 cm³/mol. The number of ketones is 1. The lowest BCUT2D eigenvalue weighted by Crippen LogP contribution is -2.54. The van der Waals surface area contributed by atoms with Gasteiger partial charge in [-0.3, -0.25) is 4.79 Å². The van der Waals surface area contributed by atoms with Crippen LogP contribution in [0.5, 0.6) is 0 Å². The van der Waals surface area contributed by atoms with Crippen LogP contribution in [0.2, 0.25) is 0 Å². The molecule has 0 unspecified atom stereocenters. The molecule has 22 heavy (non-hydrogen) atoms. The Morgan fingerprint density at radius 3 is 2.82 bits per heavy atom. The van der Waals surface area contributed by atoms with Gasteiger partial charge in [0.2, 0.25) is 0 Å². The fourth-order valence-corrected chi connectivity index (χ4v) is 6.41. The van der Waals surface area contributed by atoms with Crippen LogP contribution >= 0.6 is 0 Å². The third-order valence-electron chi connectivity index (χ3n) is 7.39. The second-order valence-corrected chi connectivity index (χ2v) is 8.84. The van der Waals surface area contributed by atoms with E-state index in [2.05, 4.69) is 20.8 Å². The number of hydrogen-bond acceptors (Lipinski definition) is 2. The van der Waals surface area contributed by atoms with E-state index in [0.29, 0.717) is 35.1 Å². The summed E-state index contributed by atoms with van der Waals surface area (Å²) in [7, 11) is 0. The first-order valence-corrected chi connectivity index (χ1v) is 8.99. The average molecular weight is 300 g/mol. The Balaban J connectivity index is 1.74. The van der Waals surface area contributed by atoms with Crippen molar-refractivity contribution in [2.24, 2.45) is 28.6 Å². The Hall–Kier alpha value is -1.05. The molecule has 0 saturated heterocycles. The van der Waals surface area contributed by atoms with Crippen LogP contribution in [0.4, 0.5) is 0 Å². The number of hydrogen-bond donors (Lipinski definition) is 0. The van der Waals surface area contributed by atoms with Crippen molar-refractivity contribution in [2.45, 2.75) is 59.3 Å². The van der Waals surface area contributed by atoms with Crippen molar-refractivity contribution in [1.29, 1.82) is 0 Å². The highest BCUT2D eigenvalue weighted by Gasteiger charge is 2.57. The summed E-state index contributed by atoms with van der Waals surface area (Å²) >= 11 is 0. The number of carbonyl (C=O) groups excluding carboxylic acids is 1. The van der Waals surface area contributed by atoms with Crippen LogP contribution in [0.25, 0.3) is 0 Å². The molecular formula is C20H28O2. The van der Waals surface area contributed by atoms with Gasteiger partial charge in [0.15, 0.2) is 5.78 Å². The van der Waals surface area contributed by atoms with Crippen LogP contribution in [0.3, 0.4) is 0 Å². The molecule has 4 aliphatic rings. The summed E-state index contributed by atoms with van der Waals surface area (Å²) in [5, 5.41) is 0. The summed E-state index contributed by atoms with van der Waals surface area (Å²) in [5.41, 5.74) is 2.94. The fraction of sp³-hybridized carbons (Fsp3) is 0.750. The van der Waals surface area contributed by atoms with Gasteiger partial charge < -0.3 is 4.74 Å². The van der Waals surface area contributed by atoms with Gasteiger partial charge >= 0.3 is 0 Å². The number of Topliss-reactive ketones (excluding diaryl/α,β-unsaturated/α-hetero) is 1. The summed E-state index contributed by atoms with van der Waals surface area (Å²) in [6.07, 6.45) is 11.2. The molecule has 0 spiro atoms. The fourth-order valence-electron chi connectivity index (χ4n) is 6.41. The van der Waals surface area contributed by atoms with E-state index in [1.807, 2.05) is 12.3 Å². The first kappa shape index (κ1) is 14.5. The van der Waals surface area contributed by atoms with Gasteiger partial charge in [-0.1, -0.05) is 27.2 Å². The first-order valence-electron chi connectivity index (χ1n) is 8.99. The maximum atomic E-state index is 12.7. The Morgan fingerprint density at radius 1 is 1.18 bits per heavy atom. The van der Waals surface area contributed by atoms with Crippen molar-refractivity contribution in [2.75, 3.05) is 6.61 Å². The molecule has 0 aromatic heterocycles. The van der Waals surface area contributed by atoms with Crippen molar-refractivity contribution in [3.8, 4) is 0 Å². The van der Waals surface area contributed by atoms with Crippen molar-refractivity contribution < 1.29 is 9.53 Å². The molecule has 1 heterocycles. The monoisotopic (exact) mass is 300 g/mol. The van der Waals surface area contributed by atoms with Crippen LogP contribution < -0.4 is 0 Å². The van der Waals surface area contributed by atoms with Gasteiger partial charge in [0, 0.05) is 17.6 Å². The normalized spacial score (nSPS) is 43.0. The number of fused-ring (bicyclic) bond motifs is 5. The van der Waals surface area contributed by atoms with Crippen LogP contribution in [-0.4, -0.2) is 12.4 Å². The third kappa shape index (κ3) is 1.88. The lowest BCUT2D eigenvalue weighted by atomic mass is 9.44. The van der Waals surface area contributed by atoms with Gasteiger partial charge in [-0.2, -0.15) is 0 Å². The van der Waals surface area contributed by atoms with E-state index in [-0.39, 0.29) is 0 Å². The summed E-state index contributed by atoms with van der Waals surface area (Å²) in [4.78, 5) is 12.7. The van der Waals surface area contributed by atoms with E-state index in [1.165, 1.54) is 37.7 Å². The minimum absolute atomic E-state index is 0.324. The van der Waals surface area contributed by atoms with Crippen molar-refractivity contribution in [3.05, 3.63) is 23.5 Å². The van der Waals surface area contributed by atoms with Crippen molar-refractivity contribution in [3.63, 3.8) is 0 Å². The van der Waals surface area contributed by atoms with Gasteiger partial charge in [-0.15, -0.1) is 0 Å². The Bertz CT molecular complexity index is 568. The number of carbonyl (C=O) groups is 1. The first-order chi connectivity index (χ1) is 10.4. The summed E-state index contributed by atoms with van der Waals surface area (Å²) in [5.74, 6) is 2.18. The minimum Gasteiger partial charge on any atom is -0.497 e. The second-order valence-electron chi connectivity index (χ2n) is 8.84. The summed E-state index contributed by atoms with van der Waals surface area (Å²) < 4.78 is 5.56. The molecule has 0 radical (unpaired) electrons. The molecule has 4 atom stereocenters. The summed E-state index contributed by atoms with van der Waals surface area (Å²) in [6, 6.07) is 0. The molecular weight excluding hydrogens is 272 g/mol. The quantitative estimate of drug-likeness (QED) is 0.650. The molecule has 3 aliphatic carbocycles. The smallest absolute Gasteiger partial charge is 0.163 e. The molecule has 1 aliphatic heterocycles. The molecule has 0 aromatic rings. The summed E-state index contributed by atoms with van der Waals surface area (Å²) in [6.45, 7) is 7.96. The standard InChI is InChI=1S/C20H28O2/c1-19(2)8-4-9-20(3)16-11-17(21)14-7-10-22-12-15(14)13(16)5-6-18(19)20/h7,12-13,16,18H,4-6,8-11H2,1-3H3/t13-,16-,18+,20+/m0/s1. The second kappa shape index (κ2) is 4.72. The zero-order valence-corrected chi connectivity index (χ0v) is 14.2. The van der Waals surface area contributed by atoms with E-state index >= 15 is 0 Å². The minimum atomic E-state index is 0.324. The van der Waals surface area contributed by atoms with Crippen molar-refractivity contribution >= 4 is 5.78 Å². The molecule has 0 amide bonds. The lowest BCUT2D eigenvalue weighted by molar-refractivity contribution is -0.129.